The molecule has 0 radical (unpaired) electrons. The van der Waals surface area contributed by atoms with Crippen molar-refractivity contribution in [3.05, 3.63) is 46.0 Å². The van der Waals surface area contributed by atoms with Crippen LogP contribution in [0.1, 0.15) is 21.5 Å². The SMILES string of the molecule is COc1cc(OC)c(C(=O)OCc2cc(Cl)cc3c2OCOC3)cc1OC. The molecule has 3 rings (SSSR count). The summed E-state index contributed by atoms with van der Waals surface area (Å²) in [5.41, 5.74) is 1.69. The number of fused-ring (bicyclic) bond motifs is 1. The summed E-state index contributed by atoms with van der Waals surface area (Å²) >= 11 is 6.13. The van der Waals surface area contributed by atoms with Gasteiger partial charge in [-0.15, -0.1) is 0 Å². The van der Waals surface area contributed by atoms with Crippen LogP contribution < -0.4 is 18.9 Å². The molecule has 0 aliphatic carbocycles. The van der Waals surface area contributed by atoms with Crippen LogP contribution in [0.25, 0.3) is 0 Å². The first kappa shape index (κ1) is 19.1. The fourth-order valence-corrected chi connectivity index (χ4v) is 3.04. The number of methoxy groups -OCH3 is 3. The van der Waals surface area contributed by atoms with Gasteiger partial charge < -0.3 is 28.4 Å². The largest absolute Gasteiger partial charge is 0.496 e. The number of ether oxygens (including phenoxy) is 6. The molecular formula is C19H19ClO7. The van der Waals surface area contributed by atoms with Crippen LogP contribution in [0.5, 0.6) is 23.0 Å². The Labute approximate surface area is 161 Å². The van der Waals surface area contributed by atoms with Crippen LogP contribution in [0.2, 0.25) is 5.02 Å². The number of halogens is 1. The number of hydrogen-bond donors (Lipinski definition) is 0. The van der Waals surface area contributed by atoms with E-state index in [1.165, 1.54) is 27.4 Å². The van der Waals surface area contributed by atoms with Crippen molar-refractivity contribution in [2.75, 3.05) is 28.1 Å². The lowest BCUT2D eigenvalue weighted by Crippen LogP contribution is -2.14. The quantitative estimate of drug-likeness (QED) is 0.693. The number of carbonyl (C=O) groups excluding carboxylic acids is 1. The summed E-state index contributed by atoms with van der Waals surface area (Å²) in [6.45, 7) is 0.513. The molecule has 1 aliphatic rings. The number of esters is 1. The van der Waals surface area contributed by atoms with E-state index in [1.807, 2.05) is 0 Å². The average molecular weight is 395 g/mol. The second-order valence-corrected chi connectivity index (χ2v) is 6.08. The van der Waals surface area contributed by atoms with Crippen LogP contribution in [-0.4, -0.2) is 34.1 Å². The van der Waals surface area contributed by atoms with Gasteiger partial charge in [0.15, 0.2) is 18.3 Å². The maximum atomic E-state index is 12.6. The first-order valence-electron chi connectivity index (χ1n) is 8.06. The van der Waals surface area contributed by atoms with Crippen LogP contribution in [0.3, 0.4) is 0 Å². The summed E-state index contributed by atoms with van der Waals surface area (Å²) in [7, 11) is 4.44. The summed E-state index contributed by atoms with van der Waals surface area (Å²) in [6.07, 6.45) is 0. The van der Waals surface area contributed by atoms with Crippen molar-refractivity contribution in [2.24, 2.45) is 0 Å². The standard InChI is InChI=1S/C19H19ClO7/c1-22-15-7-17(24-3)16(23-2)6-14(15)19(21)26-9-12-5-13(20)4-11-8-25-10-27-18(11)12/h4-7H,8-10H2,1-3H3. The second kappa shape index (κ2) is 8.37. The number of hydrogen-bond acceptors (Lipinski definition) is 7. The van der Waals surface area contributed by atoms with Crippen LogP contribution in [0.15, 0.2) is 24.3 Å². The van der Waals surface area contributed by atoms with Crippen LogP contribution >= 0.6 is 11.6 Å². The summed E-state index contributed by atoms with van der Waals surface area (Å²) in [4.78, 5) is 12.6. The van der Waals surface area contributed by atoms with Gasteiger partial charge in [-0.3, -0.25) is 0 Å². The zero-order valence-electron chi connectivity index (χ0n) is 15.2. The van der Waals surface area contributed by atoms with Gasteiger partial charge in [-0.2, -0.15) is 0 Å². The van der Waals surface area contributed by atoms with Gasteiger partial charge in [0, 0.05) is 28.3 Å². The second-order valence-electron chi connectivity index (χ2n) is 5.65. The minimum absolute atomic E-state index is 0.0147. The van der Waals surface area contributed by atoms with Crippen molar-refractivity contribution >= 4 is 17.6 Å². The Morgan fingerprint density at radius 1 is 1.04 bits per heavy atom. The predicted molar refractivity (Wildman–Crippen MR) is 97.0 cm³/mol. The van der Waals surface area contributed by atoms with E-state index in [2.05, 4.69) is 0 Å². The molecule has 0 N–H and O–H groups in total. The Balaban J connectivity index is 1.84. The fraction of sp³-hybridized carbons (Fsp3) is 0.316. The van der Waals surface area contributed by atoms with Crippen molar-refractivity contribution < 1.29 is 33.2 Å². The molecule has 2 aromatic rings. The number of rotatable bonds is 6. The van der Waals surface area contributed by atoms with E-state index in [-0.39, 0.29) is 19.0 Å². The highest BCUT2D eigenvalue weighted by molar-refractivity contribution is 6.30. The van der Waals surface area contributed by atoms with Crippen LogP contribution in [0.4, 0.5) is 0 Å². The van der Waals surface area contributed by atoms with Gasteiger partial charge in [0.25, 0.3) is 0 Å². The highest BCUT2D eigenvalue weighted by Gasteiger charge is 2.21. The predicted octanol–water partition coefficient (Wildman–Crippen LogP) is 3.59. The molecule has 0 unspecified atom stereocenters. The maximum Gasteiger partial charge on any atom is 0.342 e. The van der Waals surface area contributed by atoms with Crippen LogP contribution in [-0.2, 0) is 22.7 Å². The van der Waals surface area contributed by atoms with Crippen molar-refractivity contribution in [2.45, 2.75) is 13.2 Å². The van der Waals surface area contributed by atoms with E-state index in [0.29, 0.717) is 40.2 Å². The molecule has 2 aromatic carbocycles. The molecule has 0 aromatic heterocycles. The Morgan fingerprint density at radius 3 is 2.44 bits per heavy atom. The maximum absolute atomic E-state index is 12.6. The lowest BCUT2D eigenvalue weighted by atomic mass is 10.1. The van der Waals surface area contributed by atoms with E-state index in [4.69, 9.17) is 40.0 Å². The average Bonchev–Trinajstić information content (AvgIpc) is 2.70. The lowest BCUT2D eigenvalue weighted by molar-refractivity contribution is -0.0180. The van der Waals surface area contributed by atoms with Gasteiger partial charge in [0.05, 0.1) is 27.9 Å². The monoisotopic (exact) mass is 394 g/mol. The first-order chi connectivity index (χ1) is 13.1. The molecule has 0 atom stereocenters. The molecule has 1 heterocycles. The third kappa shape index (κ3) is 4.04. The molecule has 0 saturated carbocycles. The van der Waals surface area contributed by atoms with Crippen LogP contribution in [0, 0.1) is 0 Å². The van der Waals surface area contributed by atoms with Crippen molar-refractivity contribution in [3.63, 3.8) is 0 Å². The zero-order chi connectivity index (χ0) is 19.4. The molecule has 144 valence electrons. The van der Waals surface area contributed by atoms with Gasteiger partial charge in [0.2, 0.25) is 0 Å². The van der Waals surface area contributed by atoms with Gasteiger partial charge in [-0.25, -0.2) is 4.79 Å². The van der Waals surface area contributed by atoms with Gasteiger partial charge >= 0.3 is 5.97 Å². The van der Waals surface area contributed by atoms with E-state index < -0.39 is 5.97 Å². The third-order valence-electron chi connectivity index (χ3n) is 4.04. The molecule has 8 heteroatoms. The molecular weight excluding hydrogens is 376 g/mol. The summed E-state index contributed by atoms with van der Waals surface area (Å²) in [5.74, 6) is 1.20. The normalized spacial score (nSPS) is 12.6. The number of carbonyl (C=O) groups is 1. The Kier molecular flexibility index (Phi) is 5.93. The Bertz CT molecular complexity index is 850. The molecule has 27 heavy (non-hydrogen) atoms. The lowest BCUT2D eigenvalue weighted by Gasteiger charge is -2.21. The molecule has 0 saturated heterocycles. The molecule has 0 spiro atoms. The number of benzene rings is 2. The van der Waals surface area contributed by atoms with E-state index in [9.17, 15) is 4.79 Å². The molecule has 7 nitrogen and oxygen atoms in total. The summed E-state index contributed by atoms with van der Waals surface area (Å²) in [5, 5.41) is 0.512. The Morgan fingerprint density at radius 2 is 1.74 bits per heavy atom. The Hall–Kier alpha value is -2.64. The van der Waals surface area contributed by atoms with Gasteiger partial charge in [-0.05, 0) is 12.1 Å². The molecule has 0 amide bonds. The summed E-state index contributed by atoms with van der Waals surface area (Å²) in [6, 6.07) is 6.54. The van der Waals surface area contributed by atoms with Crippen molar-refractivity contribution in [1.29, 1.82) is 0 Å². The highest BCUT2D eigenvalue weighted by atomic mass is 35.5. The summed E-state index contributed by atoms with van der Waals surface area (Å²) < 4.78 is 32.0. The highest BCUT2D eigenvalue weighted by Crippen LogP contribution is 2.36. The minimum Gasteiger partial charge on any atom is -0.496 e. The topological polar surface area (TPSA) is 72.5 Å². The third-order valence-corrected chi connectivity index (χ3v) is 4.25. The van der Waals surface area contributed by atoms with Crippen molar-refractivity contribution in [3.8, 4) is 23.0 Å². The molecule has 0 bridgehead atoms. The minimum atomic E-state index is -0.575. The van der Waals surface area contributed by atoms with E-state index in [0.717, 1.165) is 5.56 Å². The first-order valence-corrected chi connectivity index (χ1v) is 8.44. The van der Waals surface area contributed by atoms with Crippen molar-refractivity contribution in [1.82, 2.24) is 0 Å². The smallest absolute Gasteiger partial charge is 0.342 e. The van der Waals surface area contributed by atoms with Gasteiger partial charge in [0.1, 0.15) is 23.7 Å². The van der Waals surface area contributed by atoms with E-state index in [1.54, 1.807) is 18.2 Å². The fourth-order valence-electron chi connectivity index (χ4n) is 2.77. The molecule has 0 fully saturated rings. The van der Waals surface area contributed by atoms with Gasteiger partial charge in [-0.1, -0.05) is 11.6 Å². The van der Waals surface area contributed by atoms with E-state index >= 15 is 0 Å². The molecule has 1 aliphatic heterocycles. The zero-order valence-corrected chi connectivity index (χ0v) is 15.9.